The molecule has 0 spiro atoms. The minimum absolute atomic E-state index is 0.153. The number of hydrogen-bond donors (Lipinski definition) is 1. The molecular formula is C8H7N3O2. The molecule has 0 unspecified atom stereocenters. The summed E-state index contributed by atoms with van der Waals surface area (Å²) in [5.74, 6) is -0.988. The van der Waals surface area contributed by atoms with Gasteiger partial charge >= 0.3 is 5.97 Å². The van der Waals surface area contributed by atoms with Crippen LogP contribution in [-0.2, 0) is 0 Å². The maximum atomic E-state index is 10.7. The third kappa shape index (κ3) is 1.05. The Bertz CT molecular complexity index is 475. The first-order valence-corrected chi connectivity index (χ1v) is 3.72. The zero-order chi connectivity index (χ0) is 9.42. The van der Waals surface area contributed by atoms with E-state index < -0.39 is 5.97 Å². The molecule has 0 bridgehead atoms. The maximum Gasteiger partial charge on any atom is 0.354 e. The van der Waals surface area contributed by atoms with Gasteiger partial charge < -0.3 is 5.11 Å². The molecule has 0 aromatic carbocycles. The minimum atomic E-state index is -0.988. The van der Waals surface area contributed by atoms with Gasteiger partial charge in [-0.25, -0.2) is 9.78 Å². The van der Waals surface area contributed by atoms with E-state index in [1.54, 1.807) is 19.3 Å². The van der Waals surface area contributed by atoms with E-state index >= 15 is 0 Å². The Labute approximate surface area is 73.7 Å². The summed E-state index contributed by atoms with van der Waals surface area (Å²) in [6.07, 6.45) is 4.46. The van der Waals surface area contributed by atoms with E-state index in [1.807, 2.05) is 0 Å². The zero-order valence-corrected chi connectivity index (χ0v) is 6.93. The number of carboxylic acids is 1. The van der Waals surface area contributed by atoms with Crippen molar-refractivity contribution >= 4 is 11.6 Å². The van der Waals surface area contributed by atoms with Crippen LogP contribution in [0.5, 0.6) is 0 Å². The molecule has 66 valence electrons. The summed E-state index contributed by atoms with van der Waals surface area (Å²) in [6, 6.07) is 0. The number of aromatic carboxylic acids is 1. The van der Waals surface area contributed by atoms with Crippen molar-refractivity contribution in [1.82, 2.24) is 14.4 Å². The van der Waals surface area contributed by atoms with Gasteiger partial charge in [-0.1, -0.05) is 0 Å². The van der Waals surface area contributed by atoms with Crippen molar-refractivity contribution in [2.24, 2.45) is 0 Å². The third-order valence-corrected chi connectivity index (χ3v) is 1.82. The highest BCUT2D eigenvalue weighted by Gasteiger charge is 2.10. The van der Waals surface area contributed by atoms with Crippen LogP contribution in [0.1, 0.15) is 16.2 Å². The topological polar surface area (TPSA) is 67.5 Å². The van der Waals surface area contributed by atoms with Crippen LogP contribution in [0.15, 0.2) is 18.6 Å². The van der Waals surface area contributed by atoms with Crippen molar-refractivity contribution in [2.45, 2.75) is 6.92 Å². The number of hydrogen-bond acceptors (Lipinski definition) is 3. The van der Waals surface area contributed by atoms with Crippen molar-refractivity contribution in [2.75, 3.05) is 0 Å². The van der Waals surface area contributed by atoms with Crippen LogP contribution in [0.2, 0.25) is 0 Å². The van der Waals surface area contributed by atoms with Gasteiger partial charge in [0, 0.05) is 12.4 Å². The van der Waals surface area contributed by atoms with Gasteiger partial charge in [-0.15, -0.1) is 0 Å². The quantitative estimate of drug-likeness (QED) is 0.697. The molecule has 5 nitrogen and oxygen atoms in total. The van der Waals surface area contributed by atoms with Crippen LogP contribution in [0.4, 0.5) is 0 Å². The number of rotatable bonds is 1. The van der Waals surface area contributed by atoms with Crippen LogP contribution in [0.3, 0.4) is 0 Å². The molecule has 2 heterocycles. The first-order valence-electron chi connectivity index (χ1n) is 3.72. The van der Waals surface area contributed by atoms with Gasteiger partial charge in [-0.2, -0.15) is 0 Å². The molecule has 2 aromatic heterocycles. The summed E-state index contributed by atoms with van der Waals surface area (Å²) < 4.78 is 1.50. The van der Waals surface area contributed by atoms with E-state index in [0.29, 0.717) is 5.65 Å². The number of aryl methyl sites for hydroxylation is 1. The molecule has 0 amide bonds. The predicted octanol–water partition coefficient (Wildman–Crippen LogP) is 0.736. The fourth-order valence-corrected chi connectivity index (χ4v) is 1.21. The van der Waals surface area contributed by atoms with E-state index in [4.69, 9.17) is 5.11 Å². The van der Waals surface area contributed by atoms with E-state index in [1.165, 1.54) is 10.6 Å². The second-order valence-electron chi connectivity index (χ2n) is 2.65. The first kappa shape index (κ1) is 7.72. The smallest absolute Gasteiger partial charge is 0.354 e. The Morgan fingerprint density at radius 3 is 3.00 bits per heavy atom. The number of carboxylic acid groups (broad SMARTS) is 1. The summed E-state index contributed by atoms with van der Waals surface area (Å²) in [5, 5.41) is 8.78. The average molecular weight is 177 g/mol. The molecule has 0 radical (unpaired) electrons. The molecule has 2 rings (SSSR count). The van der Waals surface area contributed by atoms with Gasteiger partial charge in [0.1, 0.15) is 0 Å². The number of imidazole rings is 1. The summed E-state index contributed by atoms with van der Waals surface area (Å²) >= 11 is 0. The fourth-order valence-electron chi connectivity index (χ4n) is 1.21. The molecule has 0 aliphatic rings. The summed E-state index contributed by atoms with van der Waals surface area (Å²) in [7, 11) is 0. The Kier molecular flexibility index (Phi) is 1.51. The Balaban J connectivity index is 2.83. The molecule has 1 N–H and O–H groups in total. The van der Waals surface area contributed by atoms with Crippen LogP contribution in [0.25, 0.3) is 5.65 Å². The first-order chi connectivity index (χ1) is 6.20. The Hall–Kier alpha value is -1.91. The maximum absolute atomic E-state index is 10.7. The van der Waals surface area contributed by atoms with Crippen molar-refractivity contribution in [1.29, 1.82) is 0 Å². The lowest BCUT2D eigenvalue weighted by atomic mass is 10.4. The van der Waals surface area contributed by atoms with Crippen molar-refractivity contribution in [3.05, 3.63) is 30.0 Å². The molecule has 0 atom stereocenters. The molecule has 2 aromatic rings. The van der Waals surface area contributed by atoms with Crippen molar-refractivity contribution in [3.63, 3.8) is 0 Å². The van der Waals surface area contributed by atoms with Gasteiger partial charge in [0.15, 0.2) is 11.3 Å². The van der Waals surface area contributed by atoms with Crippen LogP contribution in [-0.4, -0.2) is 25.4 Å². The Morgan fingerprint density at radius 1 is 1.54 bits per heavy atom. The van der Waals surface area contributed by atoms with Gasteiger partial charge in [-0.3, -0.25) is 9.38 Å². The number of fused-ring (bicyclic) bond motifs is 1. The van der Waals surface area contributed by atoms with Gasteiger partial charge in [-0.05, 0) is 6.92 Å². The lowest BCUT2D eigenvalue weighted by molar-refractivity contribution is 0.0689. The zero-order valence-electron chi connectivity index (χ0n) is 6.93. The van der Waals surface area contributed by atoms with Crippen LogP contribution < -0.4 is 0 Å². The van der Waals surface area contributed by atoms with Crippen molar-refractivity contribution in [3.8, 4) is 0 Å². The molecule has 0 saturated heterocycles. The lowest BCUT2D eigenvalue weighted by Crippen LogP contribution is -2.02. The highest BCUT2D eigenvalue weighted by atomic mass is 16.4. The average Bonchev–Trinajstić information content (AvgIpc) is 2.48. The SMILES string of the molecule is Cc1nccn2c(C(=O)O)cnc12. The van der Waals surface area contributed by atoms with Crippen LogP contribution in [0, 0.1) is 6.92 Å². The van der Waals surface area contributed by atoms with E-state index in [-0.39, 0.29) is 5.69 Å². The summed E-state index contributed by atoms with van der Waals surface area (Å²) in [6.45, 7) is 1.79. The molecule has 0 aliphatic carbocycles. The van der Waals surface area contributed by atoms with Gasteiger partial charge in [0.25, 0.3) is 0 Å². The largest absolute Gasteiger partial charge is 0.477 e. The van der Waals surface area contributed by atoms with Gasteiger partial charge in [0.2, 0.25) is 0 Å². The molecule has 0 fully saturated rings. The van der Waals surface area contributed by atoms with E-state index in [2.05, 4.69) is 9.97 Å². The summed E-state index contributed by atoms with van der Waals surface area (Å²) in [4.78, 5) is 18.7. The lowest BCUT2D eigenvalue weighted by Gasteiger charge is -1.97. The molecule has 13 heavy (non-hydrogen) atoms. The second-order valence-corrected chi connectivity index (χ2v) is 2.65. The number of aromatic nitrogens is 3. The van der Waals surface area contributed by atoms with Crippen molar-refractivity contribution < 1.29 is 9.90 Å². The van der Waals surface area contributed by atoms with Crippen LogP contribution >= 0.6 is 0 Å². The number of carbonyl (C=O) groups is 1. The Morgan fingerprint density at radius 2 is 2.31 bits per heavy atom. The number of nitrogens with zero attached hydrogens (tertiary/aromatic N) is 3. The second kappa shape index (κ2) is 2.55. The highest BCUT2D eigenvalue weighted by Crippen LogP contribution is 2.08. The summed E-state index contributed by atoms with van der Waals surface area (Å²) in [5.41, 5.74) is 1.45. The highest BCUT2D eigenvalue weighted by molar-refractivity contribution is 5.86. The molecular weight excluding hydrogens is 170 g/mol. The minimum Gasteiger partial charge on any atom is -0.477 e. The monoisotopic (exact) mass is 177 g/mol. The van der Waals surface area contributed by atoms with Gasteiger partial charge in [0.05, 0.1) is 11.9 Å². The third-order valence-electron chi connectivity index (χ3n) is 1.82. The molecule has 0 saturated carbocycles. The normalized spacial score (nSPS) is 10.5. The van der Waals surface area contributed by atoms with E-state index in [9.17, 15) is 4.79 Å². The molecule has 5 heteroatoms. The standard InChI is InChI=1S/C8H7N3O2/c1-5-7-10-4-6(8(12)13)11(7)3-2-9-5/h2-4H,1H3,(H,12,13). The predicted molar refractivity (Wildman–Crippen MR) is 44.7 cm³/mol. The fraction of sp³-hybridized carbons (Fsp3) is 0.125. The molecule has 0 aliphatic heterocycles. The van der Waals surface area contributed by atoms with E-state index in [0.717, 1.165) is 5.69 Å².